The van der Waals surface area contributed by atoms with Crippen molar-refractivity contribution in [1.82, 2.24) is 14.6 Å². The van der Waals surface area contributed by atoms with Crippen molar-refractivity contribution in [3.05, 3.63) is 59.2 Å². The van der Waals surface area contributed by atoms with Gasteiger partial charge in [-0.2, -0.15) is 4.31 Å². The Morgan fingerprint density at radius 2 is 1.94 bits per heavy atom. The number of amides is 1. The van der Waals surface area contributed by atoms with E-state index in [1.54, 1.807) is 32.2 Å². The van der Waals surface area contributed by atoms with Crippen LogP contribution in [0.25, 0.3) is 10.9 Å². The van der Waals surface area contributed by atoms with Gasteiger partial charge in [-0.1, -0.05) is 18.5 Å². The third kappa shape index (κ3) is 6.16. The van der Waals surface area contributed by atoms with Crippen LogP contribution < -0.4 is 15.4 Å². The van der Waals surface area contributed by atoms with E-state index in [0.29, 0.717) is 35.8 Å². The minimum atomic E-state index is -3.80. The summed E-state index contributed by atoms with van der Waals surface area (Å²) in [5, 5.41) is 7.73. The maximum atomic E-state index is 13.0. The van der Waals surface area contributed by atoms with E-state index in [-0.39, 0.29) is 23.9 Å². The number of pyridine rings is 1. The number of anilines is 1. The van der Waals surface area contributed by atoms with E-state index >= 15 is 0 Å². The number of fused-ring (bicyclic) bond motifs is 1. The number of sulfonamides is 1. The molecule has 182 valence electrons. The van der Waals surface area contributed by atoms with Gasteiger partial charge in [0.05, 0.1) is 24.1 Å². The number of nitrogens with one attached hydrogen (secondary N) is 2. The van der Waals surface area contributed by atoms with Crippen LogP contribution in [0.2, 0.25) is 5.02 Å². The number of hydrogen-bond acceptors (Lipinski definition) is 6. The smallest absolute Gasteiger partial charge is 0.243 e. The van der Waals surface area contributed by atoms with E-state index in [1.165, 1.54) is 13.2 Å². The van der Waals surface area contributed by atoms with Gasteiger partial charge < -0.3 is 15.4 Å². The minimum absolute atomic E-state index is 0.135. The van der Waals surface area contributed by atoms with Crippen molar-refractivity contribution in [3.8, 4) is 5.75 Å². The molecule has 0 radical (unpaired) electrons. The van der Waals surface area contributed by atoms with E-state index in [0.717, 1.165) is 20.9 Å². The van der Waals surface area contributed by atoms with Crippen molar-refractivity contribution in [1.29, 1.82) is 0 Å². The molecule has 0 fully saturated rings. The van der Waals surface area contributed by atoms with Gasteiger partial charge in [-0.3, -0.25) is 9.78 Å². The summed E-state index contributed by atoms with van der Waals surface area (Å²) in [6.45, 7) is 4.47. The lowest BCUT2D eigenvalue weighted by Crippen LogP contribution is -2.41. The second kappa shape index (κ2) is 11.5. The normalized spacial score (nSPS) is 11.6. The molecule has 1 heterocycles. The summed E-state index contributed by atoms with van der Waals surface area (Å²) in [5.74, 6) is 0.261. The van der Waals surface area contributed by atoms with E-state index in [4.69, 9.17) is 16.3 Å². The predicted octanol–water partition coefficient (Wildman–Crippen LogP) is 3.83. The number of ether oxygens (including phenoxy) is 1. The van der Waals surface area contributed by atoms with Crippen molar-refractivity contribution >= 4 is 44.1 Å². The van der Waals surface area contributed by atoms with Gasteiger partial charge in [0.2, 0.25) is 15.9 Å². The SMILES string of the molecule is CCN(CC(=O)NCCCNc1ccnc2cc(Cl)ccc12)S(=O)(=O)c1ccc(OC)c(C)c1. The van der Waals surface area contributed by atoms with Gasteiger partial charge in [-0.15, -0.1) is 0 Å². The quantitative estimate of drug-likeness (QED) is 0.385. The highest BCUT2D eigenvalue weighted by Gasteiger charge is 2.25. The number of aromatic nitrogens is 1. The number of methoxy groups -OCH3 is 1. The Bertz CT molecular complexity index is 1270. The van der Waals surface area contributed by atoms with Crippen LogP contribution in [0.4, 0.5) is 5.69 Å². The van der Waals surface area contributed by atoms with Gasteiger partial charge in [-0.25, -0.2) is 8.42 Å². The second-order valence-electron chi connectivity index (χ2n) is 7.71. The fraction of sp³-hybridized carbons (Fsp3) is 0.333. The van der Waals surface area contributed by atoms with E-state index in [9.17, 15) is 13.2 Å². The first-order valence-electron chi connectivity index (χ1n) is 11.0. The molecule has 10 heteroatoms. The van der Waals surface area contributed by atoms with Gasteiger partial charge >= 0.3 is 0 Å². The summed E-state index contributed by atoms with van der Waals surface area (Å²) in [6.07, 6.45) is 2.38. The molecule has 34 heavy (non-hydrogen) atoms. The highest BCUT2D eigenvalue weighted by molar-refractivity contribution is 7.89. The molecule has 0 saturated carbocycles. The Hall–Kier alpha value is -2.88. The summed E-state index contributed by atoms with van der Waals surface area (Å²) in [4.78, 5) is 16.9. The van der Waals surface area contributed by atoms with Crippen molar-refractivity contribution < 1.29 is 17.9 Å². The van der Waals surface area contributed by atoms with E-state index < -0.39 is 10.0 Å². The zero-order chi connectivity index (χ0) is 24.7. The highest BCUT2D eigenvalue weighted by Crippen LogP contribution is 2.25. The number of nitrogens with zero attached hydrogens (tertiary/aromatic N) is 2. The van der Waals surface area contributed by atoms with Crippen LogP contribution >= 0.6 is 11.6 Å². The average Bonchev–Trinajstić information content (AvgIpc) is 2.81. The number of likely N-dealkylation sites (N-methyl/N-ethyl adjacent to an activating group) is 1. The molecule has 0 spiro atoms. The Morgan fingerprint density at radius 3 is 2.65 bits per heavy atom. The maximum Gasteiger partial charge on any atom is 0.243 e. The lowest BCUT2D eigenvalue weighted by atomic mass is 10.2. The number of carbonyl (C=O) groups excluding carboxylic acids is 1. The van der Waals surface area contributed by atoms with Crippen LogP contribution in [0.5, 0.6) is 5.75 Å². The zero-order valence-electron chi connectivity index (χ0n) is 19.5. The Kier molecular flexibility index (Phi) is 8.71. The first-order chi connectivity index (χ1) is 16.3. The molecule has 1 aromatic heterocycles. The molecular weight excluding hydrogens is 476 g/mol. The van der Waals surface area contributed by atoms with Gasteiger partial charge in [0.25, 0.3) is 0 Å². The minimum Gasteiger partial charge on any atom is -0.496 e. The lowest BCUT2D eigenvalue weighted by molar-refractivity contribution is -0.121. The first kappa shape index (κ1) is 25.7. The number of benzene rings is 2. The van der Waals surface area contributed by atoms with Crippen LogP contribution in [-0.2, 0) is 14.8 Å². The number of carbonyl (C=O) groups is 1. The van der Waals surface area contributed by atoms with Crippen LogP contribution in [0.15, 0.2) is 53.6 Å². The van der Waals surface area contributed by atoms with Crippen LogP contribution in [0, 0.1) is 6.92 Å². The predicted molar refractivity (Wildman–Crippen MR) is 135 cm³/mol. The fourth-order valence-corrected chi connectivity index (χ4v) is 5.22. The molecule has 0 bridgehead atoms. The average molecular weight is 505 g/mol. The lowest BCUT2D eigenvalue weighted by Gasteiger charge is -2.20. The summed E-state index contributed by atoms with van der Waals surface area (Å²) in [6, 6.07) is 12.1. The van der Waals surface area contributed by atoms with Crippen molar-refractivity contribution in [3.63, 3.8) is 0 Å². The first-order valence-corrected chi connectivity index (χ1v) is 12.8. The molecule has 2 aromatic carbocycles. The molecule has 0 saturated heterocycles. The molecular formula is C24H29ClN4O4S. The number of hydrogen-bond donors (Lipinski definition) is 2. The van der Waals surface area contributed by atoms with E-state index in [2.05, 4.69) is 15.6 Å². The molecule has 8 nitrogen and oxygen atoms in total. The number of rotatable bonds is 11. The molecule has 0 unspecified atom stereocenters. The molecule has 0 aliphatic heterocycles. The molecule has 1 amide bonds. The third-order valence-corrected chi connectivity index (χ3v) is 7.52. The van der Waals surface area contributed by atoms with Gasteiger partial charge in [-0.05, 0) is 61.4 Å². The summed E-state index contributed by atoms with van der Waals surface area (Å²) in [7, 11) is -2.27. The van der Waals surface area contributed by atoms with Crippen molar-refractivity contribution in [2.45, 2.75) is 25.2 Å². The molecule has 3 rings (SSSR count). The van der Waals surface area contributed by atoms with E-state index in [1.807, 2.05) is 24.3 Å². The fourth-order valence-electron chi connectivity index (χ4n) is 3.56. The van der Waals surface area contributed by atoms with Crippen molar-refractivity contribution in [2.75, 3.05) is 38.6 Å². The van der Waals surface area contributed by atoms with Gasteiger partial charge in [0, 0.05) is 41.9 Å². The maximum absolute atomic E-state index is 13.0. The molecule has 0 aliphatic carbocycles. The standard InChI is InChI=1S/C24H29ClN4O4S/c1-4-29(34(31,32)19-7-9-23(33-3)17(2)14-19)16-24(30)28-12-5-11-26-21-10-13-27-22-15-18(25)6-8-20(21)22/h6-10,13-15H,4-5,11-12,16H2,1-3H3,(H,26,27)(H,28,30). The Morgan fingerprint density at radius 1 is 1.15 bits per heavy atom. The van der Waals surface area contributed by atoms with Gasteiger partial charge in [0.1, 0.15) is 5.75 Å². The summed E-state index contributed by atoms with van der Waals surface area (Å²) >= 11 is 6.03. The number of halogens is 1. The Balaban J connectivity index is 1.51. The van der Waals surface area contributed by atoms with Crippen LogP contribution in [0.1, 0.15) is 18.9 Å². The zero-order valence-corrected chi connectivity index (χ0v) is 21.0. The Labute approximate surface area is 205 Å². The summed E-state index contributed by atoms with van der Waals surface area (Å²) in [5.41, 5.74) is 2.45. The monoisotopic (exact) mass is 504 g/mol. The van der Waals surface area contributed by atoms with Crippen molar-refractivity contribution in [2.24, 2.45) is 0 Å². The van der Waals surface area contributed by atoms with Gasteiger partial charge in [0.15, 0.2) is 0 Å². The molecule has 2 N–H and O–H groups in total. The van der Waals surface area contributed by atoms with Crippen LogP contribution in [0.3, 0.4) is 0 Å². The highest BCUT2D eigenvalue weighted by atomic mass is 35.5. The van der Waals surface area contributed by atoms with Crippen LogP contribution in [-0.4, -0.2) is 56.9 Å². The number of aryl methyl sites for hydroxylation is 1. The molecule has 0 aliphatic rings. The third-order valence-electron chi connectivity index (χ3n) is 5.37. The molecule has 3 aromatic rings. The molecule has 0 atom stereocenters. The second-order valence-corrected chi connectivity index (χ2v) is 10.1. The topological polar surface area (TPSA) is 101 Å². The summed E-state index contributed by atoms with van der Waals surface area (Å²) < 4.78 is 32.3. The largest absolute Gasteiger partial charge is 0.496 e.